The van der Waals surface area contributed by atoms with Crippen LogP contribution in [-0.4, -0.2) is 19.1 Å². The molecule has 0 fully saturated rings. The first-order valence-corrected chi connectivity index (χ1v) is 9.50. The maximum absolute atomic E-state index is 12.5. The quantitative estimate of drug-likeness (QED) is 0.527. The number of carbonyl (C=O) groups is 1. The number of benzene rings is 2. The molecular weight excluding hydrogens is 326 g/mol. The highest BCUT2D eigenvalue weighted by molar-refractivity contribution is 6.04. The number of nitrogens with one attached hydrogen (secondary N) is 1. The maximum Gasteiger partial charge on any atom is 0.255 e. The number of amides is 1. The summed E-state index contributed by atoms with van der Waals surface area (Å²) < 4.78 is 11.4. The number of hydrogen-bond acceptors (Lipinski definition) is 3. The zero-order chi connectivity index (χ0) is 18.6. The van der Waals surface area contributed by atoms with Crippen LogP contribution in [0.2, 0.25) is 0 Å². The average Bonchev–Trinajstić information content (AvgIpc) is 2.67. The van der Waals surface area contributed by atoms with E-state index < -0.39 is 0 Å². The SMILES string of the molecule is CCCCCCOc1cccc(NC(=O)c2cccc(OCCC)c2)c1. The molecule has 0 aliphatic rings. The molecule has 0 aliphatic carbocycles. The molecule has 0 aromatic heterocycles. The Morgan fingerprint density at radius 2 is 1.58 bits per heavy atom. The molecule has 2 aromatic rings. The lowest BCUT2D eigenvalue weighted by Crippen LogP contribution is -2.12. The van der Waals surface area contributed by atoms with E-state index in [0.717, 1.165) is 24.3 Å². The van der Waals surface area contributed by atoms with Crippen LogP contribution in [0.5, 0.6) is 11.5 Å². The minimum absolute atomic E-state index is 0.160. The van der Waals surface area contributed by atoms with Crippen LogP contribution in [0.4, 0.5) is 5.69 Å². The van der Waals surface area contributed by atoms with Crippen LogP contribution in [0.3, 0.4) is 0 Å². The Bertz CT molecular complexity index is 685. The summed E-state index contributed by atoms with van der Waals surface area (Å²) in [4.78, 5) is 12.5. The largest absolute Gasteiger partial charge is 0.494 e. The second kappa shape index (κ2) is 11.2. The van der Waals surface area contributed by atoms with Gasteiger partial charge in [-0.3, -0.25) is 4.79 Å². The van der Waals surface area contributed by atoms with Crippen molar-refractivity contribution in [3.05, 3.63) is 54.1 Å². The highest BCUT2D eigenvalue weighted by atomic mass is 16.5. The number of anilines is 1. The van der Waals surface area contributed by atoms with Gasteiger partial charge in [-0.1, -0.05) is 45.2 Å². The minimum Gasteiger partial charge on any atom is -0.494 e. The molecule has 140 valence electrons. The molecule has 2 rings (SSSR count). The van der Waals surface area contributed by atoms with Crippen LogP contribution in [0.1, 0.15) is 56.3 Å². The summed E-state index contributed by atoms with van der Waals surface area (Å²) in [5, 5.41) is 2.92. The molecule has 0 aliphatic heterocycles. The summed E-state index contributed by atoms with van der Waals surface area (Å²) in [7, 11) is 0. The normalized spacial score (nSPS) is 10.4. The molecular formula is C22H29NO3. The summed E-state index contributed by atoms with van der Waals surface area (Å²) in [6.07, 6.45) is 5.62. The highest BCUT2D eigenvalue weighted by Crippen LogP contribution is 2.20. The molecule has 4 heteroatoms. The molecule has 0 heterocycles. The van der Waals surface area contributed by atoms with Gasteiger partial charge in [-0.25, -0.2) is 0 Å². The first kappa shape index (κ1) is 19.8. The zero-order valence-corrected chi connectivity index (χ0v) is 15.8. The number of carbonyl (C=O) groups excluding carboxylic acids is 1. The molecule has 0 saturated carbocycles. The first-order valence-electron chi connectivity index (χ1n) is 9.50. The Kier molecular flexibility index (Phi) is 8.53. The zero-order valence-electron chi connectivity index (χ0n) is 15.8. The van der Waals surface area contributed by atoms with E-state index in [-0.39, 0.29) is 5.91 Å². The van der Waals surface area contributed by atoms with Crippen molar-refractivity contribution in [1.29, 1.82) is 0 Å². The van der Waals surface area contributed by atoms with E-state index in [1.807, 2.05) is 36.4 Å². The number of unbranched alkanes of at least 4 members (excludes halogenated alkanes) is 3. The van der Waals surface area contributed by atoms with Crippen LogP contribution < -0.4 is 14.8 Å². The average molecular weight is 355 g/mol. The summed E-state index contributed by atoms with van der Waals surface area (Å²) in [6, 6.07) is 14.7. The molecule has 2 aromatic carbocycles. The van der Waals surface area contributed by atoms with Crippen LogP contribution in [0.25, 0.3) is 0 Å². The van der Waals surface area contributed by atoms with Crippen molar-refractivity contribution in [3.8, 4) is 11.5 Å². The summed E-state index contributed by atoms with van der Waals surface area (Å²) in [6.45, 7) is 5.59. The standard InChI is InChI=1S/C22H29NO3/c1-3-5-6-7-15-26-21-13-9-11-19(17-21)23-22(24)18-10-8-12-20(16-18)25-14-4-2/h8-13,16-17H,3-7,14-15H2,1-2H3,(H,23,24). The van der Waals surface area contributed by atoms with Gasteiger partial charge in [-0.15, -0.1) is 0 Å². The predicted molar refractivity (Wildman–Crippen MR) is 106 cm³/mol. The molecule has 4 nitrogen and oxygen atoms in total. The summed E-state index contributed by atoms with van der Waals surface area (Å²) in [5.41, 5.74) is 1.30. The van der Waals surface area contributed by atoms with Gasteiger partial charge in [0.2, 0.25) is 0 Å². The van der Waals surface area contributed by atoms with Crippen LogP contribution >= 0.6 is 0 Å². The lowest BCUT2D eigenvalue weighted by Gasteiger charge is -2.10. The first-order chi connectivity index (χ1) is 12.7. The Morgan fingerprint density at radius 3 is 2.35 bits per heavy atom. The van der Waals surface area contributed by atoms with Gasteiger partial charge >= 0.3 is 0 Å². The summed E-state index contributed by atoms with van der Waals surface area (Å²) in [5.74, 6) is 1.33. The molecule has 0 unspecified atom stereocenters. The Morgan fingerprint density at radius 1 is 0.846 bits per heavy atom. The molecule has 0 radical (unpaired) electrons. The van der Waals surface area contributed by atoms with E-state index in [4.69, 9.17) is 9.47 Å². The molecule has 1 amide bonds. The minimum atomic E-state index is -0.160. The van der Waals surface area contributed by atoms with Gasteiger partial charge < -0.3 is 14.8 Å². The van der Waals surface area contributed by atoms with E-state index in [1.165, 1.54) is 19.3 Å². The van der Waals surface area contributed by atoms with Crippen molar-refractivity contribution in [2.24, 2.45) is 0 Å². The smallest absolute Gasteiger partial charge is 0.255 e. The van der Waals surface area contributed by atoms with E-state index in [0.29, 0.717) is 24.5 Å². The lowest BCUT2D eigenvalue weighted by atomic mass is 10.2. The molecule has 26 heavy (non-hydrogen) atoms. The van der Waals surface area contributed by atoms with Gasteiger partial charge in [0.15, 0.2) is 0 Å². The third-order valence-corrected chi connectivity index (χ3v) is 3.93. The van der Waals surface area contributed by atoms with Gasteiger partial charge in [-0.05, 0) is 43.2 Å². The van der Waals surface area contributed by atoms with Crippen LogP contribution in [0, 0.1) is 0 Å². The second-order valence-corrected chi connectivity index (χ2v) is 6.27. The third kappa shape index (κ3) is 6.79. The van der Waals surface area contributed by atoms with Crippen molar-refractivity contribution < 1.29 is 14.3 Å². The molecule has 0 spiro atoms. The fourth-order valence-corrected chi connectivity index (χ4v) is 2.53. The van der Waals surface area contributed by atoms with E-state index in [2.05, 4.69) is 19.2 Å². The van der Waals surface area contributed by atoms with Gasteiger partial charge in [0.1, 0.15) is 11.5 Å². The highest BCUT2D eigenvalue weighted by Gasteiger charge is 2.08. The monoisotopic (exact) mass is 355 g/mol. The third-order valence-electron chi connectivity index (χ3n) is 3.93. The number of ether oxygens (including phenoxy) is 2. The van der Waals surface area contributed by atoms with Crippen molar-refractivity contribution in [2.45, 2.75) is 46.0 Å². The van der Waals surface area contributed by atoms with Crippen molar-refractivity contribution in [1.82, 2.24) is 0 Å². The van der Waals surface area contributed by atoms with Crippen LogP contribution in [0.15, 0.2) is 48.5 Å². The maximum atomic E-state index is 12.5. The van der Waals surface area contributed by atoms with Gasteiger partial charge in [0.25, 0.3) is 5.91 Å². The van der Waals surface area contributed by atoms with Gasteiger partial charge in [0, 0.05) is 17.3 Å². The van der Waals surface area contributed by atoms with Gasteiger partial charge in [-0.2, -0.15) is 0 Å². The topological polar surface area (TPSA) is 47.6 Å². The van der Waals surface area contributed by atoms with E-state index >= 15 is 0 Å². The van der Waals surface area contributed by atoms with E-state index in [9.17, 15) is 4.79 Å². The van der Waals surface area contributed by atoms with E-state index in [1.54, 1.807) is 12.1 Å². The Hall–Kier alpha value is -2.49. The summed E-state index contributed by atoms with van der Waals surface area (Å²) >= 11 is 0. The van der Waals surface area contributed by atoms with Crippen molar-refractivity contribution in [2.75, 3.05) is 18.5 Å². The molecule has 0 saturated heterocycles. The number of hydrogen-bond donors (Lipinski definition) is 1. The number of rotatable bonds is 11. The lowest BCUT2D eigenvalue weighted by molar-refractivity contribution is 0.102. The van der Waals surface area contributed by atoms with Crippen molar-refractivity contribution in [3.63, 3.8) is 0 Å². The Balaban J connectivity index is 1.91. The molecule has 1 N–H and O–H groups in total. The Labute approximate surface area is 156 Å². The fourth-order valence-electron chi connectivity index (χ4n) is 2.53. The molecule has 0 atom stereocenters. The van der Waals surface area contributed by atoms with Crippen molar-refractivity contribution >= 4 is 11.6 Å². The fraction of sp³-hybridized carbons (Fsp3) is 0.409. The molecule has 0 bridgehead atoms. The second-order valence-electron chi connectivity index (χ2n) is 6.27. The van der Waals surface area contributed by atoms with Crippen LogP contribution in [-0.2, 0) is 0 Å². The predicted octanol–water partition coefficient (Wildman–Crippen LogP) is 5.69. The van der Waals surface area contributed by atoms with Gasteiger partial charge in [0.05, 0.1) is 13.2 Å².